The van der Waals surface area contributed by atoms with Gasteiger partial charge in [-0.25, -0.2) is 13.5 Å². The largest absolute Gasteiger partial charge is 0.283 e. The first-order valence-corrected chi connectivity index (χ1v) is 8.12. The van der Waals surface area contributed by atoms with Gasteiger partial charge in [0.15, 0.2) is 5.82 Å². The van der Waals surface area contributed by atoms with E-state index in [1.807, 2.05) is 25.1 Å². The Bertz CT molecular complexity index is 908. The van der Waals surface area contributed by atoms with Gasteiger partial charge in [-0.3, -0.25) is 4.90 Å². The van der Waals surface area contributed by atoms with Crippen LogP contribution >= 0.6 is 0 Å². The van der Waals surface area contributed by atoms with Crippen LogP contribution in [0, 0.1) is 18.6 Å². The van der Waals surface area contributed by atoms with Crippen molar-refractivity contribution in [3.63, 3.8) is 0 Å². The number of benzene rings is 2. The smallest absolute Gasteiger partial charge is 0.173 e. The summed E-state index contributed by atoms with van der Waals surface area (Å²) in [5, 5.41) is 11.8. The Hall–Kier alpha value is -2.67. The zero-order valence-corrected chi connectivity index (χ0v) is 13.7. The maximum Gasteiger partial charge on any atom is 0.173 e. The standard InChI is InChI=1S/C18H17F2N5/c1-12-3-2-4-13(9-12)11-24-7-8-25-18(21-22-23-25)17(24)15-6-5-14(19)10-16(15)20/h2-6,9-10,17H,7-8,11H2,1H3. The van der Waals surface area contributed by atoms with Gasteiger partial charge in [0, 0.05) is 24.7 Å². The SMILES string of the molecule is Cc1cccc(CN2CCn3nnnc3C2c2ccc(F)cc2F)c1. The molecule has 0 amide bonds. The summed E-state index contributed by atoms with van der Waals surface area (Å²) in [6, 6.07) is 11.4. The lowest BCUT2D eigenvalue weighted by Gasteiger charge is -2.35. The molecule has 0 aliphatic carbocycles. The normalized spacial score (nSPS) is 17.5. The van der Waals surface area contributed by atoms with Gasteiger partial charge >= 0.3 is 0 Å². The van der Waals surface area contributed by atoms with Crippen molar-refractivity contribution in [1.82, 2.24) is 25.1 Å². The number of hydrogen-bond acceptors (Lipinski definition) is 4. The molecule has 1 atom stereocenters. The first-order chi connectivity index (χ1) is 12.1. The van der Waals surface area contributed by atoms with Crippen LogP contribution in [-0.2, 0) is 13.1 Å². The van der Waals surface area contributed by atoms with Gasteiger partial charge in [-0.05, 0) is 29.0 Å². The maximum absolute atomic E-state index is 14.5. The third-order valence-electron chi connectivity index (χ3n) is 4.49. The molecule has 0 bridgehead atoms. The Morgan fingerprint density at radius 1 is 1.12 bits per heavy atom. The molecular weight excluding hydrogens is 324 g/mol. The number of rotatable bonds is 3. The highest BCUT2D eigenvalue weighted by Gasteiger charge is 2.33. The number of tetrazole rings is 1. The van der Waals surface area contributed by atoms with Gasteiger partial charge in [0.05, 0.1) is 6.54 Å². The summed E-state index contributed by atoms with van der Waals surface area (Å²) in [4.78, 5) is 2.12. The molecule has 0 spiro atoms. The van der Waals surface area contributed by atoms with Gasteiger partial charge in [-0.15, -0.1) is 5.10 Å². The molecular formula is C18H17F2N5. The molecule has 1 unspecified atom stereocenters. The molecule has 0 saturated carbocycles. The zero-order valence-electron chi connectivity index (χ0n) is 13.7. The Morgan fingerprint density at radius 2 is 2.00 bits per heavy atom. The summed E-state index contributed by atoms with van der Waals surface area (Å²) in [5.74, 6) is -0.609. The van der Waals surface area contributed by atoms with Gasteiger partial charge in [-0.1, -0.05) is 35.9 Å². The Balaban J connectivity index is 1.75. The minimum atomic E-state index is -0.595. The fourth-order valence-corrected chi connectivity index (χ4v) is 3.36. The van der Waals surface area contributed by atoms with Crippen LogP contribution in [-0.4, -0.2) is 31.7 Å². The van der Waals surface area contributed by atoms with E-state index in [9.17, 15) is 8.78 Å². The van der Waals surface area contributed by atoms with Crippen LogP contribution in [0.4, 0.5) is 8.78 Å². The minimum absolute atomic E-state index is 0.379. The van der Waals surface area contributed by atoms with E-state index >= 15 is 0 Å². The number of halogens is 2. The lowest BCUT2D eigenvalue weighted by Crippen LogP contribution is -2.39. The highest BCUT2D eigenvalue weighted by Crippen LogP contribution is 2.33. The summed E-state index contributed by atoms with van der Waals surface area (Å²) in [6.07, 6.45) is 0. The van der Waals surface area contributed by atoms with E-state index < -0.39 is 17.7 Å². The molecule has 128 valence electrons. The summed E-state index contributed by atoms with van der Waals surface area (Å²) >= 11 is 0. The van der Waals surface area contributed by atoms with Crippen molar-refractivity contribution in [2.24, 2.45) is 0 Å². The molecule has 1 aliphatic heterocycles. The van der Waals surface area contributed by atoms with Crippen LogP contribution in [0.25, 0.3) is 0 Å². The first-order valence-electron chi connectivity index (χ1n) is 8.12. The van der Waals surface area contributed by atoms with Gasteiger partial charge in [0.25, 0.3) is 0 Å². The van der Waals surface area contributed by atoms with Crippen LogP contribution in [0.1, 0.15) is 28.6 Å². The van der Waals surface area contributed by atoms with Crippen molar-refractivity contribution in [2.45, 2.75) is 26.1 Å². The quantitative estimate of drug-likeness (QED) is 0.735. The zero-order chi connectivity index (χ0) is 17.4. The minimum Gasteiger partial charge on any atom is -0.283 e. The third kappa shape index (κ3) is 3.02. The van der Waals surface area contributed by atoms with Crippen LogP contribution in [0.5, 0.6) is 0 Å². The lowest BCUT2D eigenvalue weighted by atomic mass is 10.0. The summed E-state index contributed by atoms with van der Waals surface area (Å²) < 4.78 is 29.5. The first kappa shape index (κ1) is 15.8. The number of aromatic nitrogens is 4. The van der Waals surface area contributed by atoms with Gasteiger partial charge < -0.3 is 0 Å². The van der Waals surface area contributed by atoms with Crippen molar-refractivity contribution in [3.05, 3.63) is 76.6 Å². The average Bonchev–Trinajstić information content (AvgIpc) is 3.04. The van der Waals surface area contributed by atoms with E-state index in [1.54, 1.807) is 4.68 Å². The van der Waals surface area contributed by atoms with Gasteiger partial charge in [0.1, 0.15) is 17.7 Å². The van der Waals surface area contributed by atoms with Gasteiger partial charge in [-0.2, -0.15) is 0 Å². The maximum atomic E-state index is 14.5. The molecule has 7 heteroatoms. The number of aryl methyl sites for hydroxylation is 1. The van der Waals surface area contributed by atoms with Crippen molar-refractivity contribution in [1.29, 1.82) is 0 Å². The summed E-state index contributed by atoms with van der Waals surface area (Å²) in [6.45, 7) is 3.98. The van der Waals surface area contributed by atoms with Crippen LogP contribution in [0.15, 0.2) is 42.5 Å². The fourth-order valence-electron chi connectivity index (χ4n) is 3.36. The van der Waals surface area contributed by atoms with E-state index in [2.05, 4.69) is 26.5 Å². The molecule has 5 nitrogen and oxygen atoms in total. The predicted molar refractivity (Wildman–Crippen MR) is 87.6 cm³/mol. The molecule has 0 fully saturated rings. The van der Waals surface area contributed by atoms with Crippen molar-refractivity contribution in [3.8, 4) is 0 Å². The Morgan fingerprint density at radius 3 is 2.80 bits per heavy atom. The lowest BCUT2D eigenvalue weighted by molar-refractivity contribution is 0.161. The second-order valence-corrected chi connectivity index (χ2v) is 6.29. The molecule has 4 rings (SSSR count). The van der Waals surface area contributed by atoms with E-state index in [0.717, 1.165) is 11.6 Å². The average molecular weight is 341 g/mol. The van der Waals surface area contributed by atoms with E-state index in [0.29, 0.717) is 31.0 Å². The van der Waals surface area contributed by atoms with Crippen LogP contribution in [0.3, 0.4) is 0 Å². The van der Waals surface area contributed by atoms with E-state index in [1.165, 1.54) is 17.7 Å². The number of fused-ring (bicyclic) bond motifs is 1. The highest BCUT2D eigenvalue weighted by molar-refractivity contribution is 5.29. The van der Waals surface area contributed by atoms with Gasteiger partial charge in [0.2, 0.25) is 0 Å². The third-order valence-corrected chi connectivity index (χ3v) is 4.49. The van der Waals surface area contributed by atoms with Crippen LogP contribution < -0.4 is 0 Å². The Labute approximate surface area is 143 Å². The molecule has 0 saturated heterocycles. The second kappa shape index (κ2) is 6.33. The van der Waals surface area contributed by atoms with E-state index in [4.69, 9.17) is 0 Å². The number of nitrogens with zero attached hydrogens (tertiary/aromatic N) is 5. The Kier molecular flexibility index (Phi) is 4.01. The summed E-state index contributed by atoms with van der Waals surface area (Å²) in [7, 11) is 0. The number of hydrogen-bond donors (Lipinski definition) is 0. The second-order valence-electron chi connectivity index (χ2n) is 6.29. The molecule has 1 aromatic heterocycles. The molecule has 0 N–H and O–H groups in total. The highest BCUT2D eigenvalue weighted by atomic mass is 19.1. The molecule has 1 aliphatic rings. The van der Waals surface area contributed by atoms with E-state index in [-0.39, 0.29) is 0 Å². The van der Waals surface area contributed by atoms with Crippen molar-refractivity contribution in [2.75, 3.05) is 6.54 Å². The molecule has 2 aromatic carbocycles. The molecule has 0 radical (unpaired) electrons. The fraction of sp³-hybridized carbons (Fsp3) is 0.278. The predicted octanol–water partition coefficient (Wildman–Crippen LogP) is 2.86. The summed E-state index contributed by atoms with van der Waals surface area (Å²) in [5.41, 5.74) is 2.68. The van der Waals surface area contributed by atoms with Crippen LogP contribution in [0.2, 0.25) is 0 Å². The topological polar surface area (TPSA) is 46.8 Å². The van der Waals surface area contributed by atoms with Crippen molar-refractivity contribution < 1.29 is 8.78 Å². The monoisotopic (exact) mass is 341 g/mol. The molecule has 25 heavy (non-hydrogen) atoms. The van der Waals surface area contributed by atoms with Crippen molar-refractivity contribution >= 4 is 0 Å². The molecule has 2 heterocycles. The molecule has 3 aromatic rings.